The Kier molecular flexibility index (Phi) is 6.75. The van der Waals surface area contributed by atoms with E-state index >= 15 is 0 Å². The molecule has 0 saturated heterocycles. The van der Waals surface area contributed by atoms with Gasteiger partial charge < -0.3 is 5.73 Å². The van der Waals surface area contributed by atoms with E-state index in [0.717, 1.165) is 18.5 Å². The van der Waals surface area contributed by atoms with Crippen LogP contribution in [0.5, 0.6) is 0 Å². The lowest BCUT2D eigenvalue weighted by Crippen LogP contribution is -2.13. The van der Waals surface area contributed by atoms with Crippen LogP contribution in [0.15, 0.2) is 59.6 Å². The van der Waals surface area contributed by atoms with Gasteiger partial charge >= 0.3 is 12.4 Å². The molecule has 184 valence electrons. The molecular weight excluding hydrogens is 500 g/mol. The smallest absolute Gasteiger partial charge is 0.366 e. The van der Waals surface area contributed by atoms with Crippen LogP contribution in [0, 0.1) is 0 Å². The predicted molar refractivity (Wildman–Crippen MR) is 114 cm³/mol. The van der Waals surface area contributed by atoms with E-state index < -0.39 is 50.6 Å². The summed E-state index contributed by atoms with van der Waals surface area (Å²) in [5.74, 6) is -1.39. The van der Waals surface area contributed by atoms with Gasteiger partial charge in [-0.1, -0.05) is 12.1 Å². The number of nitrogens with zero attached hydrogens (tertiary/aromatic N) is 2. The topological polar surface area (TPSA) is 103 Å². The highest BCUT2D eigenvalue weighted by Crippen LogP contribution is 2.38. The molecule has 1 aromatic heterocycles. The number of amides is 1. The summed E-state index contributed by atoms with van der Waals surface area (Å²) < 4.78 is 102. The number of halogens is 6. The van der Waals surface area contributed by atoms with Gasteiger partial charge in [0.2, 0.25) is 5.91 Å². The zero-order chi connectivity index (χ0) is 26.2. The number of hydrogen-bond acceptors (Lipinski definition) is 5. The molecule has 2 aromatic carbocycles. The summed E-state index contributed by atoms with van der Waals surface area (Å²) in [4.78, 5) is 19.7. The Labute approximate surface area is 195 Å². The molecule has 0 aliphatic heterocycles. The molecule has 0 radical (unpaired) electrons. The number of benzene rings is 2. The van der Waals surface area contributed by atoms with Gasteiger partial charge in [-0.25, -0.2) is 18.4 Å². The van der Waals surface area contributed by atoms with Crippen molar-refractivity contribution in [3.8, 4) is 11.4 Å². The number of aromatic nitrogens is 2. The predicted octanol–water partition coefficient (Wildman–Crippen LogP) is 4.61. The second-order valence-electron chi connectivity index (χ2n) is 7.32. The molecule has 35 heavy (non-hydrogen) atoms. The fourth-order valence-corrected chi connectivity index (χ4v) is 3.63. The van der Waals surface area contributed by atoms with Crippen molar-refractivity contribution < 1.29 is 39.6 Å². The summed E-state index contributed by atoms with van der Waals surface area (Å²) in [5.41, 5.74) is 1.84. The van der Waals surface area contributed by atoms with Crippen molar-refractivity contribution in [2.24, 2.45) is 5.73 Å². The fourth-order valence-electron chi connectivity index (χ4n) is 3.00. The summed E-state index contributed by atoms with van der Waals surface area (Å²) in [6.07, 6.45) is -6.86. The third-order valence-electron chi connectivity index (χ3n) is 4.67. The van der Waals surface area contributed by atoms with Gasteiger partial charge in [0.15, 0.2) is 15.7 Å². The largest absolute Gasteiger partial charge is 0.416 e. The van der Waals surface area contributed by atoms with Crippen LogP contribution in [0.25, 0.3) is 23.0 Å². The van der Waals surface area contributed by atoms with E-state index in [1.54, 1.807) is 0 Å². The summed E-state index contributed by atoms with van der Waals surface area (Å²) >= 11 is 0. The van der Waals surface area contributed by atoms with Crippen LogP contribution in [-0.2, 0) is 27.0 Å². The highest BCUT2D eigenvalue weighted by atomic mass is 32.2. The third kappa shape index (κ3) is 6.23. The summed E-state index contributed by atoms with van der Waals surface area (Å²) in [6.45, 7) is 0. The van der Waals surface area contributed by atoms with Crippen molar-refractivity contribution in [1.82, 2.24) is 9.97 Å². The van der Waals surface area contributed by atoms with Gasteiger partial charge in [0.25, 0.3) is 0 Å². The molecule has 13 heteroatoms. The molecule has 0 spiro atoms. The third-order valence-corrected chi connectivity index (χ3v) is 5.80. The minimum absolute atomic E-state index is 0.0144. The summed E-state index contributed by atoms with van der Waals surface area (Å²) in [7, 11) is -3.51. The van der Waals surface area contributed by atoms with E-state index in [-0.39, 0.29) is 27.8 Å². The van der Waals surface area contributed by atoms with Gasteiger partial charge in [-0.2, -0.15) is 26.3 Å². The first-order valence-electron chi connectivity index (χ1n) is 9.50. The SMILES string of the molecule is CS(=O)(=O)c1ccc(/C(=C\c2ccnc(-c3cc(C(F)(F)F)cc(C(F)(F)F)c3)n2)C(N)=O)cc1. The zero-order valence-corrected chi connectivity index (χ0v) is 18.5. The molecule has 0 aliphatic rings. The van der Waals surface area contributed by atoms with Gasteiger partial charge in [0.05, 0.1) is 21.7 Å². The van der Waals surface area contributed by atoms with Crippen LogP contribution in [0.2, 0.25) is 0 Å². The number of sulfone groups is 1. The Balaban J connectivity index is 2.10. The first-order valence-corrected chi connectivity index (χ1v) is 11.4. The van der Waals surface area contributed by atoms with E-state index in [2.05, 4.69) is 9.97 Å². The van der Waals surface area contributed by atoms with Crippen LogP contribution < -0.4 is 5.73 Å². The molecule has 0 saturated carbocycles. The van der Waals surface area contributed by atoms with E-state index in [1.807, 2.05) is 0 Å². The van der Waals surface area contributed by atoms with Crippen LogP contribution in [0.3, 0.4) is 0 Å². The lowest BCUT2D eigenvalue weighted by molar-refractivity contribution is -0.143. The number of hydrogen-bond donors (Lipinski definition) is 1. The maximum atomic E-state index is 13.2. The van der Waals surface area contributed by atoms with Crippen LogP contribution in [0.1, 0.15) is 22.4 Å². The number of carbonyl (C=O) groups is 1. The van der Waals surface area contributed by atoms with E-state index in [1.165, 1.54) is 30.3 Å². The number of carbonyl (C=O) groups excluding carboxylic acids is 1. The quantitative estimate of drug-likeness (QED) is 0.395. The van der Waals surface area contributed by atoms with Crippen molar-refractivity contribution in [3.63, 3.8) is 0 Å². The van der Waals surface area contributed by atoms with Crippen LogP contribution in [-0.4, -0.2) is 30.5 Å². The second-order valence-corrected chi connectivity index (χ2v) is 9.33. The molecule has 0 unspecified atom stereocenters. The highest BCUT2D eigenvalue weighted by molar-refractivity contribution is 7.90. The van der Waals surface area contributed by atoms with Crippen molar-refractivity contribution >= 4 is 27.4 Å². The first kappa shape index (κ1) is 25.9. The normalized spacial score (nSPS) is 13.1. The molecule has 0 atom stereocenters. The maximum absolute atomic E-state index is 13.2. The van der Waals surface area contributed by atoms with Gasteiger partial charge in [0.1, 0.15) is 0 Å². The molecule has 0 aliphatic carbocycles. The first-order chi connectivity index (χ1) is 16.1. The Morgan fingerprint density at radius 1 is 0.914 bits per heavy atom. The Bertz CT molecular complexity index is 1380. The summed E-state index contributed by atoms with van der Waals surface area (Å²) in [5, 5.41) is 0. The molecule has 3 aromatic rings. The monoisotopic (exact) mass is 515 g/mol. The lowest BCUT2D eigenvalue weighted by Gasteiger charge is -2.14. The lowest BCUT2D eigenvalue weighted by atomic mass is 10.0. The van der Waals surface area contributed by atoms with Gasteiger partial charge in [-0.05, 0) is 48.0 Å². The molecule has 1 amide bonds. The molecule has 0 fully saturated rings. The highest BCUT2D eigenvalue weighted by Gasteiger charge is 2.37. The van der Waals surface area contributed by atoms with Crippen molar-refractivity contribution in [3.05, 3.63) is 77.1 Å². The van der Waals surface area contributed by atoms with Crippen molar-refractivity contribution in [2.45, 2.75) is 17.2 Å². The van der Waals surface area contributed by atoms with E-state index in [0.29, 0.717) is 12.1 Å². The van der Waals surface area contributed by atoms with Crippen molar-refractivity contribution in [2.75, 3.05) is 6.26 Å². The minimum atomic E-state index is -5.05. The number of primary amides is 1. The Hall–Kier alpha value is -3.74. The molecular formula is C22H15F6N3O3S. The number of nitrogens with two attached hydrogens (primary N) is 1. The van der Waals surface area contributed by atoms with Gasteiger partial charge in [-0.15, -0.1) is 0 Å². The van der Waals surface area contributed by atoms with Crippen LogP contribution in [0.4, 0.5) is 26.3 Å². The molecule has 6 nitrogen and oxygen atoms in total. The van der Waals surface area contributed by atoms with Crippen LogP contribution >= 0.6 is 0 Å². The molecule has 1 heterocycles. The maximum Gasteiger partial charge on any atom is 0.416 e. The molecule has 2 N–H and O–H groups in total. The molecule has 0 bridgehead atoms. The van der Waals surface area contributed by atoms with E-state index in [9.17, 15) is 39.6 Å². The fraction of sp³-hybridized carbons (Fsp3) is 0.136. The zero-order valence-electron chi connectivity index (χ0n) is 17.6. The average molecular weight is 515 g/mol. The number of rotatable bonds is 5. The second kappa shape index (κ2) is 9.13. The average Bonchev–Trinajstić information content (AvgIpc) is 2.75. The van der Waals surface area contributed by atoms with Crippen molar-refractivity contribution in [1.29, 1.82) is 0 Å². The summed E-state index contributed by atoms with van der Waals surface area (Å²) in [6, 6.07) is 7.33. The number of alkyl halides is 6. The Morgan fingerprint density at radius 2 is 1.46 bits per heavy atom. The van der Waals surface area contributed by atoms with Gasteiger partial charge in [0, 0.05) is 23.6 Å². The molecule has 3 rings (SSSR count). The minimum Gasteiger partial charge on any atom is -0.366 e. The standard InChI is InChI=1S/C22H15F6N3O3S/c1-35(33,34)17-4-2-12(3-5-17)18(19(29)32)11-16-6-7-30-20(31-16)13-8-14(21(23,24)25)10-15(9-13)22(26,27)28/h2-11H,1H3,(H2,29,32)/b18-11+. The van der Waals surface area contributed by atoms with E-state index in [4.69, 9.17) is 5.73 Å². The Morgan fingerprint density at radius 3 is 1.91 bits per heavy atom. The van der Waals surface area contributed by atoms with Gasteiger partial charge in [-0.3, -0.25) is 4.79 Å².